The second-order valence-corrected chi connectivity index (χ2v) is 5.45. The molecule has 5 heteroatoms. The molecule has 0 spiro atoms. The molecule has 1 saturated heterocycles. The van der Waals surface area contributed by atoms with Crippen molar-refractivity contribution in [3.8, 4) is 0 Å². The van der Waals surface area contributed by atoms with Crippen LogP contribution in [0.25, 0.3) is 11.2 Å². The predicted octanol–water partition coefficient (Wildman–Crippen LogP) is 1.98. The summed E-state index contributed by atoms with van der Waals surface area (Å²) in [5.74, 6) is 1.77. The molecular weight excluding hydrogens is 250 g/mol. The fourth-order valence-corrected chi connectivity index (χ4v) is 3.03. The summed E-state index contributed by atoms with van der Waals surface area (Å²) in [5.41, 5.74) is 7.51. The highest BCUT2D eigenvalue weighted by molar-refractivity contribution is 5.71. The van der Waals surface area contributed by atoms with Gasteiger partial charge >= 0.3 is 0 Å². The van der Waals surface area contributed by atoms with Crippen LogP contribution in [0.3, 0.4) is 0 Å². The number of hydrogen-bond donors (Lipinski definition) is 1. The molecule has 1 aliphatic heterocycles. The highest BCUT2D eigenvalue weighted by Gasteiger charge is 2.27. The molecule has 3 rings (SSSR count). The average Bonchev–Trinajstić information content (AvgIpc) is 2.53. The van der Waals surface area contributed by atoms with Crippen LogP contribution in [0.1, 0.15) is 26.2 Å². The van der Waals surface area contributed by atoms with E-state index >= 15 is 0 Å². The average molecular weight is 271 g/mol. The summed E-state index contributed by atoms with van der Waals surface area (Å²) in [5, 5.41) is 0. The van der Waals surface area contributed by atoms with Crippen molar-refractivity contribution >= 4 is 17.0 Å². The van der Waals surface area contributed by atoms with Crippen LogP contribution in [0.5, 0.6) is 0 Å². The molecule has 5 nitrogen and oxygen atoms in total. The van der Waals surface area contributed by atoms with E-state index in [-0.39, 0.29) is 0 Å². The molecule has 3 heterocycles. The minimum Gasteiger partial charge on any atom is -0.352 e. The van der Waals surface area contributed by atoms with Gasteiger partial charge in [-0.2, -0.15) is 0 Å². The first kappa shape index (κ1) is 13.2. The second kappa shape index (κ2) is 5.71. The van der Waals surface area contributed by atoms with E-state index in [9.17, 15) is 0 Å². The van der Waals surface area contributed by atoms with Gasteiger partial charge in [0.15, 0.2) is 5.65 Å². The monoisotopic (exact) mass is 271 g/mol. The zero-order chi connectivity index (χ0) is 13.9. The van der Waals surface area contributed by atoms with Crippen molar-refractivity contribution in [3.05, 3.63) is 24.5 Å². The van der Waals surface area contributed by atoms with Crippen molar-refractivity contribution in [2.75, 3.05) is 18.0 Å². The molecule has 0 saturated carbocycles. The van der Waals surface area contributed by atoms with Crippen LogP contribution in [-0.4, -0.2) is 34.1 Å². The van der Waals surface area contributed by atoms with Crippen LogP contribution in [0.4, 0.5) is 5.82 Å². The Morgan fingerprint density at radius 2 is 2.15 bits per heavy atom. The van der Waals surface area contributed by atoms with Gasteiger partial charge in [0.05, 0.1) is 0 Å². The normalized spacial score (nSPS) is 23.2. The van der Waals surface area contributed by atoms with Gasteiger partial charge in [0.1, 0.15) is 11.3 Å². The molecule has 2 unspecified atom stereocenters. The number of aromatic nitrogens is 3. The van der Waals surface area contributed by atoms with Crippen LogP contribution < -0.4 is 10.6 Å². The van der Waals surface area contributed by atoms with Gasteiger partial charge in [0.2, 0.25) is 0 Å². The molecule has 1 fully saturated rings. The maximum atomic E-state index is 5.96. The highest BCUT2D eigenvalue weighted by Crippen LogP contribution is 2.28. The quantitative estimate of drug-likeness (QED) is 0.924. The first-order chi connectivity index (χ1) is 9.81. The lowest BCUT2D eigenvalue weighted by atomic mass is 9.89. The predicted molar refractivity (Wildman–Crippen MR) is 80.5 cm³/mol. The Bertz CT molecular complexity index is 585. The maximum absolute atomic E-state index is 5.96. The number of fused-ring (bicyclic) bond motifs is 1. The Labute approximate surface area is 119 Å². The van der Waals surface area contributed by atoms with Crippen LogP contribution in [0.15, 0.2) is 24.5 Å². The lowest BCUT2D eigenvalue weighted by Crippen LogP contribution is -2.47. The molecule has 20 heavy (non-hydrogen) atoms. The van der Waals surface area contributed by atoms with Crippen LogP contribution in [0.2, 0.25) is 0 Å². The number of hydrogen-bond acceptors (Lipinski definition) is 5. The van der Waals surface area contributed by atoms with E-state index in [1.807, 2.05) is 12.1 Å². The molecule has 0 aliphatic carbocycles. The minimum atomic E-state index is 0.385. The van der Waals surface area contributed by atoms with E-state index in [2.05, 4.69) is 26.8 Å². The molecule has 2 aromatic heterocycles. The molecule has 2 atom stereocenters. The number of rotatable bonds is 3. The Kier molecular flexibility index (Phi) is 3.78. The minimum absolute atomic E-state index is 0.385. The molecule has 106 valence electrons. The van der Waals surface area contributed by atoms with E-state index in [1.54, 1.807) is 12.4 Å². The Hall–Kier alpha value is -1.75. The van der Waals surface area contributed by atoms with Crippen molar-refractivity contribution in [3.63, 3.8) is 0 Å². The smallest absolute Gasteiger partial charge is 0.180 e. The standard InChI is InChI=1S/C15H21N5/c1-2-11-5-8-20(12(9-11)10-16)14-4-3-13-15(19-14)18-7-6-17-13/h3-4,6-7,11-12H,2,5,8-10,16H2,1H3. The molecule has 0 radical (unpaired) electrons. The first-order valence-corrected chi connectivity index (χ1v) is 7.36. The van der Waals surface area contributed by atoms with Crippen LogP contribution in [-0.2, 0) is 0 Å². The molecule has 0 aromatic carbocycles. The Morgan fingerprint density at radius 1 is 1.30 bits per heavy atom. The van der Waals surface area contributed by atoms with E-state index in [4.69, 9.17) is 5.73 Å². The van der Waals surface area contributed by atoms with Gasteiger partial charge < -0.3 is 10.6 Å². The molecule has 0 bridgehead atoms. The van der Waals surface area contributed by atoms with Gasteiger partial charge in [-0.1, -0.05) is 13.3 Å². The maximum Gasteiger partial charge on any atom is 0.180 e. The number of piperidine rings is 1. The van der Waals surface area contributed by atoms with Gasteiger partial charge in [-0.05, 0) is 30.9 Å². The van der Waals surface area contributed by atoms with E-state index in [1.165, 1.54) is 12.8 Å². The van der Waals surface area contributed by atoms with Crippen LogP contribution in [0, 0.1) is 5.92 Å². The van der Waals surface area contributed by atoms with Crippen molar-refractivity contribution in [1.29, 1.82) is 0 Å². The van der Waals surface area contributed by atoms with E-state index in [0.29, 0.717) is 18.2 Å². The van der Waals surface area contributed by atoms with E-state index < -0.39 is 0 Å². The molecule has 2 N–H and O–H groups in total. The fraction of sp³-hybridized carbons (Fsp3) is 0.533. The summed E-state index contributed by atoms with van der Waals surface area (Å²) < 4.78 is 0. The lowest BCUT2D eigenvalue weighted by Gasteiger charge is -2.39. The second-order valence-electron chi connectivity index (χ2n) is 5.45. The Balaban J connectivity index is 1.89. The Morgan fingerprint density at radius 3 is 2.95 bits per heavy atom. The third-order valence-corrected chi connectivity index (χ3v) is 4.29. The summed E-state index contributed by atoms with van der Waals surface area (Å²) in [6.45, 7) is 3.97. The summed E-state index contributed by atoms with van der Waals surface area (Å²) in [4.78, 5) is 15.5. The third kappa shape index (κ3) is 2.45. The third-order valence-electron chi connectivity index (χ3n) is 4.29. The molecular formula is C15H21N5. The largest absolute Gasteiger partial charge is 0.352 e. The van der Waals surface area contributed by atoms with Crippen molar-refractivity contribution in [1.82, 2.24) is 15.0 Å². The van der Waals surface area contributed by atoms with Gasteiger partial charge in [-0.25, -0.2) is 9.97 Å². The van der Waals surface area contributed by atoms with Gasteiger partial charge in [-0.15, -0.1) is 0 Å². The lowest BCUT2D eigenvalue weighted by molar-refractivity contribution is 0.334. The summed E-state index contributed by atoms with van der Waals surface area (Å²) in [6.07, 6.45) is 6.99. The number of nitrogens with two attached hydrogens (primary N) is 1. The summed E-state index contributed by atoms with van der Waals surface area (Å²) in [7, 11) is 0. The fourth-order valence-electron chi connectivity index (χ4n) is 3.03. The van der Waals surface area contributed by atoms with Gasteiger partial charge in [0.25, 0.3) is 0 Å². The topological polar surface area (TPSA) is 67.9 Å². The van der Waals surface area contributed by atoms with Crippen LogP contribution >= 0.6 is 0 Å². The van der Waals surface area contributed by atoms with Gasteiger partial charge in [-0.3, -0.25) is 4.98 Å². The highest BCUT2D eigenvalue weighted by atomic mass is 15.2. The number of pyridine rings is 1. The van der Waals surface area contributed by atoms with Crippen molar-refractivity contribution < 1.29 is 0 Å². The van der Waals surface area contributed by atoms with E-state index in [0.717, 1.165) is 30.2 Å². The zero-order valence-corrected chi connectivity index (χ0v) is 11.9. The van der Waals surface area contributed by atoms with Crippen molar-refractivity contribution in [2.24, 2.45) is 11.7 Å². The summed E-state index contributed by atoms with van der Waals surface area (Å²) in [6, 6.07) is 4.41. The number of anilines is 1. The SMILES string of the molecule is CCC1CCN(c2ccc3nccnc3n2)C(CN)C1. The summed E-state index contributed by atoms with van der Waals surface area (Å²) >= 11 is 0. The first-order valence-electron chi connectivity index (χ1n) is 7.36. The molecule has 1 aliphatic rings. The number of nitrogens with zero attached hydrogens (tertiary/aromatic N) is 4. The van der Waals surface area contributed by atoms with Crippen molar-refractivity contribution in [2.45, 2.75) is 32.2 Å². The molecule has 0 amide bonds. The van der Waals surface area contributed by atoms with Gasteiger partial charge in [0, 0.05) is 31.5 Å². The zero-order valence-electron chi connectivity index (χ0n) is 11.9. The molecule has 2 aromatic rings.